The van der Waals surface area contributed by atoms with E-state index < -0.39 is 0 Å². The molecule has 0 fully saturated rings. The minimum absolute atomic E-state index is 0.0844. The summed E-state index contributed by atoms with van der Waals surface area (Å²) in [5.41, 5.74) is 5.00. The van der Waals surface area contributed by atoms with Crippen molar-refractivity contribution in [1.29, 1.82) is 0 Å². The Bertz CT molecular complexity index is 416. The van der Waals surface area contributed by atoms with E-state index in [-0.39, 0.29) is 6.73 Å². The molecule has 0 atom stereocenters. The Kier molecular flexibility index (Phi) is 3.41. The topological polar surface area (TPSA) is 35.5 Å². The van der Waals surface area contributed by atoms with Crippen molar-refractivity contribution in [3.8, 4) is 0 Å². The Balaban J connectivity index is 2.13. The monoisotopic (exact) mass is 214 g/mol. The van der Waals surface area contributed by atoms with E-state index in [1.165, 1.54) is 0 Å². The first-order chi connectivity index (χ1) is 7.90. The molecular weight excluding hydrogens is 200 g/mol. The molecule has 0 amide bonds. The van der Waals surface area contributed by atoms with Gasteiger partial charge in [-0.05, 0) is 24.3 Å². The van der Waals surface area contributed by atoms with Gasteiger partial charge in [-0.3, -0.25) is 10.4 Å². The number of benzene rings is 2. The van der Waals surface area contributed by atoms with Gasteiger partial charge < -0.3 is 5.11 Å². The Morgan fingerprint density at radius 3 is 2.00 bits per heavy atom. The third-order valence-corrected chi connectivity index (χ3v) is 2.25. The van der Waals surface area contributed by atoms with Crippen molar-refractivity contribution in [2.75, 3.05) is 17.2 Å². The van der Waals surface area contributed by atoms with Crippen LogP contribution >= 0.6 is 0 Å². The lowest BCUT2D eigenvalue weighted by Crippen LogP contribution is -2.30. The van der Waals surface area contributed by atoms with Gasteiger partial charge in [0.25, 0.3) is 0 Å². The van der Waals surface area contributed by atoms with Gasteiger partial charge >= 0.3 is 0 Å². The number of nitrogens with one attached hydrogen (secondary N) is 1. The molecule has 0 aliphatic heterocycles. The third-order valence-electron chi connectivity index (χ3n) is 2.25. The van der Waals surface area contributed by atoms with E-state index >= 15 is 0 Å². The summed E-state index contributed by atoms with van der Waals surface area (Å²) in [5.74, 6) is 0. The van der Waals surface area contributed by atoms with Crippen LogP contribution in [0.15, 0.2) is 60.7 Å². The summed E-state index contributed by atoms with van der Waals surface area (Å²) in [4.78, 5) is 0. The maximum absolute atomic E-state index is 9.30. The molecule has 0 saturated heterocycles. The van der Waals surface area contributed by atoms with Gasteiger partial charge in [0.1, 0.15) is 6.73 Å². The highest BCUT2D eigenvalue weighted by atomic mass is 16.3. The molecule has 0 unspecified atom stereocenters. The molecule has 0 heterocycles. The molecule has 0 spiro atoms. The number of anilines is 2. The molecule has 0 aliphatic rings. The molecule has 0 radical (unpaired) electrons. The second kappa shape index (κ2) is 5.19. The first-order valence-corrected chi connectivity index (χ1v) is 5.15. The summed E-state index contributed by atoms with van der Waals surface area (Å²) >= 11 is 0. The maximum atomic E-state index is 9.30. The van der Waals surface area contributed by atoms with Crippen LogP contribution in [0.1, 0.15) is 0 Å². The first-order valence-electron chi connectivity index (χ1n) is 5.15. The number of aliphatic hydroxyl groups excluding tert-OH is 1. The van der Waals surface area contributed by atoms with Gasteiger partial charge in [-0.15, -0.1) is 0 Å². The average molecular weight is 214 g/mol. The van der Waals surface area contributed by atoms with E-state index in [2.05, 4.69) is 5.43 Å². The highest BCUT2D eigenvalue weighted by Crippen LogP contribution is 2.14. The van der Waals surface area contributed by atoms with E-state index in [0.717, 1.165) is 11.4 Å². The summed E-state index contributed by atoms with van der Waals surface area (Å²) in [6.45, 7) is -0.0844. The molecule has 82 valence electrons. The van der Waals surface area contributed by atoms with Crippen molar-refractivity contribution in [3.05, 3.63) is 60.7 Å². The van der Waals surface area contributed by atoms with E-state index in [1.807, 2.05) is 60.7 Å². The summed E-state index contributed by atoms with van der Waals surface area (Å²) in [6, 6.07) is 19.4. The normalized spacial score (nSPS) is 9.81. The fourth-order valence-corrected chi connectivity index (χ4v) is 1.46. The molecule has 2 aromatic rings. The fourth-order valence-electron chi connectivity index (χ4n) is 1.46. The van der Waals surface area contributed by atoms with Crippen molar-refractivity contribution < 1.29 is 5.11 Å². The van der Waals surface area contributed by atoms with E-state index in [9.17, 15) is 5.11 Å². The maximum Gasteiger partial charge on any atom is 0.134 e. The Morgan fingerprint density at radius 1 is 0.875 bits per heavy atom. The number of nitrogens with zero attached hydrogens (tertiary/aromatic N) is 1. The van der Waals surface area contributed by atoms with Gasteiger partial charge in [-0.1, -0.05) is 36.4 Å². The predicted molar refractivity (Wildman–Crippen MR) is 66.1 cm³/mol. The molecule has 2 rings (SSSR count). The van der Waals surface area contributed by atoms with Crippen LogP contribution in [0.25, 0.3) is 0 Å². The second-order valence-electron chi connectivity index (χ2n) is 3.38. The van der Waals surface area contributed by atoms with E-state index in [4.69, 9.17) is 0 Å². The second-order valence-corrected chi connectivity index (χ2v) is 3.38. The standard InChI is InChI=1S/C13H14N2O/c16-11-15(13-9-5-2-6-10-13)14-12-7-3-1-4-8-12/h1-10,14,16H,11H2. The molecular formula is C13H14N2O. The quantitative estimate of drug-likeness (QED) is 0.606. The summed E-state index contributed by atoms with van der Waals surface area (Å²) < 4.78 is 0. The van der Waals surface area contributed by atoms with Crippen molar-refractivity contribution in [2.45, 2.75) is 0 Å². The molecule has 0 saturated carbocycles. The highest BCUT2D eigenvalue weighted by molar-refractivity contribution is 5.54. The first kappa shape index (κ1) is 10.5. The summed E-state index contributed by atoms with van der Waals surface area (Å²) in [5, 5.41) is 11.0. The smallest absolute Gasteiger partial charge is 0.134 e. The van der Waals surface area contributed by atoms with Crippen LogP contribution in [0, 0.1) is 0 Å². The van der Waals surface area contributed by atoms with Crippen LogP contribution in [0.2, 0.25) is 0 Å². The third kappa shape index (κ3) is 2.52. The number of rotatable bonds is 4. The summed E-state index contributed by atoms with van der Waals surface area (Å²) in [6.07, 6.45) is 0. The molecule has 0 aromatic heterocycles. The van der Waals surface area contributed by atoms with Crippen LogP contribution in [0.3, 0.4) is 0 Å². The number of hydrazine groups is 1. The fraction of sp³-hybridized carbons (Fsp3) is 0.0769. The number of hydrogen-bond acceptors (Lipinski definition) is 3. The molecule has 0 aliphatic carbocycles. The molecule has 16 heavy (non-hydrogen) atoms. The molecule has 3 heteroatoms. The van der Waals surface area contributed by atoms with Gasteiger partial charge in [-0.2, -0.15) is 0 Å². The van der Waals surface area contributed by atoms with Crippen LogP contribution in [-0.4, -0.2) is 11.8 Å². The van der Waals surface area contributed by atoms with Crippen molar-refractivity contribution in [1.82, 2.24) is 0 Å². The Labute approximate surface area is 94.9 Å². The van der Waals surface area contributed by atoms with Gasteiger partial charge in [-0.25, -0.2) is 0 Å². The van der Waals surface area contributed by atoms with Crippen molar-refractivity contribution >= 4 is 11.4 Å². The average Bonchev–Trinajstić information content (AvgIpc) is 2.38. The largest absolute Gasteiger partial charge is 0.375 e. The molecule has 2 N–H and O–H groups in total. The van der Waals surface area contributed by atoms with Crippen LogP contribution in [-0.2, 0) is 0 Å². The van der Waals surface area contributed by atoms with Crippen molar-refractivity contribution in [2.24, 2.45) is 0 Å². The zero-order valence-corrected chi connectivity index (χ0v) is 8.88. The Hall–Kier alpha value is -2.00. The minimum atomic E-state index is -0.0844. The lowest BCUT2D eigenvalue weighted by Gasteiger charge is -2.23. The predicted octanol–water partition coefficient (Wildman–Crippen LogP) is 2.47. The van der Waals surface area contributed by atoms with Gasteiger partial charge in [0, 0.05) is 0 Å². The SMILES string of the molecule is OCN(Nc1ccccc1)c1ccccc1. The number of para-hydroxylation sites is 2. The van der Waals surface area contributed by atoms with Gasteiger partial charge in [0.15, 0.2) is 0 Å². The lowest BCUT2D eigenvalue weighted by atomic mass is 10.3. The zero-order chi connectivity index (χ0) is 11.2. The Morgan fingerprint density at radius 2 is 1.44 bits per heavy atom. The minimum Gasteiger partial charge on any atom is -0.375 e. The summed E-state index contributed by atoms with van der Waals surface area (Å²) in [7, 11) is 0. The number of hydrogen-bond donors (Lipinski definition) is 2. The van der Waals surface area contributed by atoms with Gasteiger partial charge in [0.2, 0.25) is 0 Å². The molecule has 2 aromatic carbocycles. The lowest BCUT2D eigenvalue weighted by molar-refractivity contribution is 0.298. The van der Waals surface area contributed by atoms with Crippen LogP contribution < -0.4 is 10.4 Å². The highest BCUT2D eigenvalue weighted by Gasteiger charge is 2.03. The number of aliphatic hydroxyl groups is 1. The van der Waals surface area contributed by atoms with Crippen molar-refractivity contribution in [3.63, 3.8) is 0 Å². The molecule has 3 nitrogen and oxygen atoms in total. The zero-order valence-electron chi connectivity index (χ0n) is 8.88. The molecule has 0 bridgehead atoms. The van der Waals surface area contributed by atoms with E-state index in [1.54, 1.807) is 5.01 Å². The van der Waals surface area contributed by atoms with Gasteiger partial charge in [0.05, 0.1) is 11.4 Å². The van der Waals surface area contributed by atoms with Crippen LogP contribution in [0.4, 0.5) is 11.4 Å². The van der Waals surface area contributed by atoms with Crippen LogP contribution in [0.5, 0.6) is 0 Å². The van der Waals surface area contributed by atoms with E-state index in [0.29, 0.717) is 0 Å².